The number of hydrogen-bond donors (Lipinski definition) is 1. The van der Waals surface area contributed by atoms with Crippen LogP contribution in [0, 0.1) is 11.6 Å². The topological polar surface area (TPSA) is 47.6 Å². The zero-order chi connectivity index (χ0) is 16.1. The van der Waals surface area contributed by atoms with Gasteiger partial charge in [-0.05, 0) is 43.3 Å². The molecular formula is C16H15F2NO3. The Labute approximate surface area is 126 Å². The van der Waals surface area contributed by atoms with Gasteiger partial charge in [0.2, 0.25) is 0 Å². The Balaban J connectivity index is 1.97. The summed E-state index contributed by atoms with van der Waals surface area (Å²) in [6.07, 6.45) is -0.804. The SMILES string of the molecule is COc1ccc(O[C@@H](C)C(=O)Nc2ccc(F)c(F)c2)cc1. The van der Waals surface area contributed by atoms with Crippen LogP contribution in [0.5, 0.6) is 11.5 Å². The molecule has 0 aliphatic carbocycles. The Morgan fingerprint density at radius 3 is 2.27 bits per heavy atom. The van der Waals surface area contributed by atoms with Gasteiger partial charge >= 0.3 is 0 Å². The maximum absolute atomic E-state index is 13.1. The Hall–Kier alpha value is -2.63. The molecule has 0 unspecified atom stereocenters. The van der Waals surface area contributed by atoms with Crippen LogP contribution >= 0.6 is 0 Å². The average molecular weight is 307 g/mol. The molecule has 2 rings (SSSR count). The minimum Gasteiger partial charge on any atom is -0.497 e. The van der Waals surface area contributed by atoms with E-state index in [2.05, 4.69) is 5.32 Å². The lowest BCUT2D eigenvalue weighted by Gasteiger charge is -2.15. The predicted molar refractivity (Wildman–Crippen MR) is 78.1 cm³/mol. The molecule has 0 aromatic heterocycles. The van der Waals surface area contributed by atoms with Gasteiger partial charge in [-0.2, -0.15) is 0 Å². The molecule has 0 radical (unpaired) electrons. The first kappa shape index (κ1) is 15.8. The maximum atomic E-state index is 13.1. The quantitative estimate of drug-likeness (QED) is 0.921. The first-order chi connectivity index (χ1) is 10.5. The first-order valence-corrected chi connectivity index (χ1v) is 6.56. The number of ether oxygens (including phenoxy) is 2. The van der Waals surface area contributed by atoms with Gasteiger partial charge < -0.3 is 14.8 Å². The number of halogens is 2. The lowest BCUT2D eigenvalue weighted by molar-refractivity contribution is -0.122. The van der Waals surface area contributed by atoms with E-state index in [1.807, 2.05) is 0 Å². The number of hydrogen-bond acceptors (Lipinski definition) is 3. The van der Waals surface area contributed by atoms with Crippen molar-refractivity contribution in [3.05, 3.63) is 54.1 Å². The zero-order valence-electron chi connectivity index (χ0n) is 12.1. The number of rotatable bonds is 5. The molecule has 0 aliphatic heterocycles. The molecule has 2 aromatic carbocycles. The zero-order valence-corrected chi connectivity index (χ0v) is 12.1. The van der Waals surface area contributed by atoms with Crippen molar-refractivity contribution < 1.29 is 23.0 Å². The molecule has 0 bridgehead atoms. The van der Waals surface area contributed by atoms with Gasteiger partial charge in [-0.3, -0.25) is 4.79 Å². The van der Waals surface area contributed by atoms with E-state index in [1.54, 1.807) is 38.3 Å². The molecule has 116 valence electrons. The summed E-state index contributed by atoms with van der Waals surface area (Å²) in [6.45, 7) is 1.56. The van der Waals surface area contributed by atoms with Crippen molar-refractivity contribution in [3.63, 3.8) is 0 Å². The standard InChI is InChI=1S/C16H15F2NO3/c1-10(22-13-6-4-12(21-2)5-7-13)16(20)19-11-3-8-14(17)15(18)9-11/h3-10H,1-2H3,(H,19,20)/t10-/m0/s1. The smallest absolute Gasteiger partial charge is 0.265 e. The third-order valence-corrected chi connectivity index (χ3v) is 2.93. The highest BCUT2D eigenvalue weighted by atomic mass is 19.2. The minimum absolute atomic E-state index is 0.161. The van der Waals surface area contributed by atoms with Gasteiger partial charge in [0.25, 0.3) is 5.91 Å². The van der Waals surface area contributed by atoms with Crippen molar-refractivity contribution in [2.24, 2.45) is 0 Å². The number of amides is 1. The molecule has 4 nitrogen and oxygen atoms in total. The summed E-state index contributed by atoms with van der Waals surface area (Å²) in [5.41, 5.74) is 0.161. The van der Waals surface area contributed by atoms with E-state index in [0.717, 1.165) is 12.1 Å². The summed E-state index contributed by atoms with van der Waals surface area (Å²) in [5.74, 6) is -1.30. The molecule has 2 aromatic rings. The highest BCUT2D eigenvalue weighted by molar-refractivity contribution is 5.94. The third-order valence-electron chi connectivity index (χ3n) is 2.93. The Morgan fingerprint density at radius 2 is 1.68 bits per heavy atom. The molecule has 1 atom stereocenters. The number of anilines is 1. The number of carbonyl (C=O) groups is 1. The Kier molecular flexibility index (Phi) is 4.93. The largest absolute Gasteiger partial charge is 0.497 e. The number of benzene rings is 2. The van der Waals surface area contributed by atoms with E-state index < -0.39 is 23.6 Å². The Morgan fingerprint density at radius 1 is 1.05 bits per heavy atom. The first-order valence-electron chi connectivity index (χ1n) is 6.56. The second-order valence-corrected chi connectivity index (χ2v) is 4.55. The number of methoxy groups -OCH3 is 1. The fourth-order valence-electron chi connectivity index (χ4n) is 1.73. The molecule has 0 fully saturated rings. The van der Waals surface area contributed by atoms with Crippen molar-refractivity contribution >= 4 is 11.6 Å². The molecule has 0 spiro atoms. The molecule has 0 heterocycles. The summed E-state index contributed by atoms with van der Waals surface area (Å²) >= 11 is 0. The van der Waals surface area contributed by atoms with Gasteiger partial charge in [-0.15, -0.1) is 0 Å². The predicted octanol–water partition coefficient (Wildman–Crippen LogP) is 3.38. The highest BCUT2D eigenvalue weighted by Gasteiger charge is 2.15. The van der Waals surface area contributed by atoms with Crippen LogP contribution in [0.2, 0.25) is 0 Å². The summed E-state index contributed by atoms with van der Waals surface area (Å²) < 4.78 is 36.4. The fourth-order valence-corrected chi connectivity index (χ4v) is 1.73. The lowest BCUT2D eigenvalue weighted by atomic mass is 10.2. The van der Waals surface area contributed by atoms with Gasteiger partial charge in [0, 0.05) is 11.8 Å². The van der Waals surface area contributed by atoms with E-state index in [-0.39, 0.29) is 5.69 Å². The normalized spacial score (nSPS) is 11.6. The molecule has 6 heteroatoms. The van der Waals surface area contributed by atoms with Gasteiger partial charge in [-0.25, -0.2) is 8.78 Å². The van der Waals surface area contributed by atoms with Crippen molar-refractivity contribution in [3.8, 4) is 11.5 Å². The molecule has 1 amide bonds. The van der Waals surface area contributed by atoms with Crippen molar-refractivity contribution in [2.45, 2.75) is 13.0 Å². The maximum Gasteiger partial charge on any atom is 0.265 e. The molecule has 0 aliphatic rings. The molecule has 1 N–H and O–H groups in total. The van der Waals surface area contributed by atoms with E-state index in [9.17, 15) is 13.6 Å². The van der Waals surface area contributed by atoms with Gasteiger partial charge in [0.1, 0.15) is 11.5 Å². The van der Waals surface area contributed by atoms with Crippen LogP contribution in [0.3, 0.4) is 0 Å². The summed E-state index contributed by atoms with van der Waals surface area (Å²) in [6, 6.07) is 9.87. The minimum atomic E-state index is -1.03. The second-order valence-electron chi connectivity index (χ2n) is 4.55. The third kappa shape index (κ3) is 3.94. The van der Waals surface area contributed by atoms with Crippen molar-refractivity contribution in [1.29, 1.82) is 0 Å². The van der Waals surface area contributed by atoms with E-state index in [0.29, 0.717) is 11.5 Å². The average Bonchev–Trinajstić information content (AvgIpc) is 2.51. The Bertz CT molecular complexity index is 659. The van der Waals surface area contributed by atoms with E-state index in [1.165, 1.54) is 6.07 Å². The monoisotopic (exact) mass is 307 g/mol. The summed E-state index contributed by atoms with van der Waals surface area (Å²) in [4.78, 5) is 12.0. The highest BCUT2D eigenvalue weighted by Crippen LogP contribution is 2.19. The lowest BCUT2D eigenvalue weighted by Crippen LogP contribution is -2.30. The van der Waals surface area contributed by atoms with Crippen LogP contribution in [-0.2, 0) is 4.79 Å². The van der Waals surface area contributed by atoms with Crippen LogP contribution in [0.15, 0.2) is 42.5 Å². The molecule has 0 saturated heterocycles. The van der Waals surface area contributed by atoms with E-state index in [4.69, 9.17) is 9.47 Å². The van der Waals surface area contributed by atoms with Crippen LogP contribution in [0.4, 0.5) is 14.5 Å². The number of nitrogens with one attached hydrogen (secondary N) is 1. The molecular weight excluding hydrogens is 292 g/mol. The molecule has 0 saturated carbocycles. The van der Waals surface area contributed by atoms with Gasteiger partial charge in [0.05, 0.1) is 7.11 Å². The second kappa shape index (κ2) is 6.89. The van der Waals surface area contributed by atoms with Crippen LogP contribution in [0.25, 0.3) is 0 Å². The fraction of sp³-hybridized carbons (Fsp3) is 0.188. The van der Waals surface area contributed by atoms with Crippen molar-refractivity contribution in [2.75, 3.05) is 12.4 Å². The van der Waals surface area contributed by atoms with Crippen LogP contribution < -0.4 is 14.8 Å². The van der Waals surface area contributed by atoms with Crippen LogP contribution in [-0.4, -0.2) is 19.1 Å². The van der Waals surface area contributed by atoms with E-state index >= 15 is 0 Å². The van der Waals surface area contributed by atoms with Gasteiger partial charge in [-0.1, -0.05) is 0 Å². The van der Waals surface area contributed by atoms with Gasteiger partial charge in [0.15, 0.2) is 17.7 Å². The number of carbonyl (C=O) groups excluding carboxylic acids is 1. The molecule has 22 heavy (non-hydrogen) atoms. The van der Waals surface area contributed by atoms with Crippen LogP contribution in [0.1, 0.15) is 6.92 Å². The summed E-state index contributed by atoms with van der Waals surface area (Å²) in [7, 11) is 1.55. The van der Waals surface area contributed by atoms with Crippen molar-refractivity contribution in [1.82, 2.24) is 0 Å². The summed E-state index contributed by atoms with van der Waals surface area (Å²) in [5, 5.41) is 2.46.